The maximum absolute atomic E-state index is 12.6. The Kier molecular flexibility index (Phi) is 3.47. The molecule has 124 valence electrons. The normalized spacial score (nSPS) is 13.8. The molecule has 24 heavy (non-hydrogen) atoms. The number of hydrogen-bond acceptors (Lipinski definition) is 6. The van der Waals surface area contributed by atoms with Crippen LogP contribution in [0.3, 0.4) is 0 Å². The minimum atomic E-state index is -3.78. The summed E-state index contributed by atoms with van der Waals surface area (Å²) in [5.41, 5.74) is 0.991. The van der Waals surface area contributed by atoms with Crippen LogP contribution in [0.2, 0.25) is 0 Å². The highest BCUT2D eigenvalue weighted by Crippen LogP contribution is 2.33. The van der Waals surface area contributed by atoms with Crippen molar-refractivity contribution in [1.29, 1.82) is 0 Å². The lowest BCUT2D eigenvalue weighted by Gasteiger charge is -2.19. The van der Waals surface area contributed by atoms with Crippen molar-refractivity contribution in [3.8, 4) is 11.5 Å². The first-order valence-electron chi connectivity index (χ1n) is 7.07. The van der Waals surface area contributed by atoms with Crippen LogP contribution >= 0.6 is 11.3 Å². The first-order valence-corrected chi connectivity index (χ1v) is 9.37. The highest BCUT2D eigenvalue weighted by Gasteiger charge is 2.18. The minimum Gasteiger partial charge on any atom is -0.486 e. The number of anilines is 1. The molecule has 2 heterocycles. The predicted molar refractivity (Wildman–Crippen MR) is 90.7 cm³/mol. The number of sulfonamides is 1. The molecular formula is C15H12N2O5S2. The quantitative estimate of drug-likeness (QED) is 0.742. The van der Waals surface area contributed by atoms with E-state index in [9.17, 15) is 13.2 Å². The zero-order valence-electron chi connectivity index (χ0n) is 12.2. The number of aromatic amines is 1. The Labute approximate surface area is 140 Å². The van der Waals surface area contributed by atoms with E-state index in [-0.39, 0.29) is 9.77 Å². The number of hydrogen-bond donors (Lipinski definition) is 2. The summed E-state index contributed by atoms with van der Waals surface area (Å²) >= 11 is 0.967. The smallest absolute Gasteiger partial charge is 0.305 e. The van der Waals surface area contributed by atoms with E-state index in [1.165, 1.54) is 12.1 Å². The number of H-pyrrole nitrogens is 1. The van der Waals surface area contributed by atoms with Crippen molar-refractivity contribution in [3.05, 3.63) is 46.1 Å². The molecule has 1 aliphatic heterocycles. The predicted octanol–water partition coefficient (Wildman–Crippen LogP) is 2.16. The summed E-state index contributed by atoms with van der Waals surface area (Å²) in [7, 11) is -3.78. The van der Waals surface area contributed by atoms with Gasteiger partial charge in [0.1, 0.15) is 13.2 Å². The third-order valence-electron chi connectivity index (χ3n) is 3.50. The zero-order valence-corrected chi connectivity index (χ0v) is 13.9. The van der Waals surface area contributed by atoms with Gasteiger partial charge < -0.3 is 14.5 Å². The van der Waals surface area contributed by atoms with Crippen LogP contribution in [0, 0.1) is 0 Å². The van der Waals surface area contributed by atoms with Crippen molar-refractivity contribution in [2.75, 3.05) is 17.9 Å². The van der Waals surface area contributed by atoms with Gasteiger partial charge in [-0.1, -0.05) is 11.3 Å². The fraction of sp³-hybridized carbons (Fsp3) is 0.133. The molecule has 7 nitrogen and oxygen atoms in total. The molecule has 0 spiro atoms. The van der Waals surface area contributed by atoms with Crippen LogP contribution < -0.4 is 19.1 Å². The van der Waals surface area contributed by atoms with Crippen LogP contribution in [-0.4, -0.2) is 26.6 Å². The van der Waals surface area contributed by atoms with Gasteiger partial charge in [-0.25, -0.2) is 8.42 Å². The maximum atomic E-state index is 12.6. The summed E-state index contributed by atoms with van der Waals surface area (Å²) < 4.78 is 39.1. The van der Waals surface area contributed by atoms with Gasteiger partial charge in [0, 0.05) is 6.07 Å². The Balaban J connectivity index is 1.67. The number of ether oxygens (including phenoxy) is 2. The molecule has 3 aromatic rings. The van der Waals surface area contributed by atoms with Crippen LogP contribution in [-0.2, 0) is 10.0 Å². The summed E-state index contributed by atoms with van der Waals surface area (Å²) in [5, 5.41) is 0. The molecule has 2 aromatic carbocycles. The number of rotatable bonds is 3. The van der Waals surface area contributed by atoms with Gasteiger partial charge in [0.15, 0.2) is 11.5 Å². The van der Waals surface area contributed by atoms with Crippen molar-refractivity contribution >= 4 is 37.3 Å². The Bertz CT molecular complexity index is 1080. The molecule has 0 bridgehead atoms. The Morgan fingerprint density at radius 2 is 1.83 bits per heavy atom. The van der Waals surface area contributed by atoms with E-state index in [0.717, 1.165) is 11.3 Å². The van der Waals surface area contributed by atoms with E-state index in [1.807, 2.05) is 0 Å². The largest absolute Gasteiger partial charge is 0.486 e. The summed E-state index contributed by atoms with van der Waals surface area (Å²) in [6.07, 6.45) is 0. The Morgan fingerprint density at radius 1 is 1.04 bits per heavy atom. The molecule has 0 aliphatic carbocycles. The maximum Gasteiger partial charge on any atom is 0.305 e. The SMILES string of the molecule is O=c1[nH]c2ccc(S(=O)(=O)Nc3ccc4c(c3)OCCO4)cc2s1. The number of aromatic nitrogens is 1. The van der Waals surface area contributed by atoms with Crippen LogP contribution in [0.15, 0.2) is 46.1 Å². The second-order valence-corrected chi connectivity index (χ2v) is 7.83. The highest BCUT2D eigenvalue weighted by molar-refractivity contribution is 7.92. The van der Waals surface area contributed by atoms with Crippen LogP contribution in [0.4, 0.5) is 5.69 Å². The summed E-state index contributed by atoms with van der Waals surface area (Å²) in [4.78, 5) is 13.8. The molecule has 0 fully saturated rings. The lowest BCUT2D eigenvalue weighted by atomic mass is 10.3. The minimum absolute atomic E-state index is 0.0835. The van der Waals surface area contributed by atoms with E-state index in [1.54, 1.807) is 24.3 Å². The van der Waals surface area contributed by atoms with Crippen LogP contribution in [0.1, 0.15) is 0 Å². The number of thiazole rings is 1. The van der Waals surface area contributed by atoms with E-state index >= 15 is 0 Å². The molecule has 9 heteroatoms. The standard InChI is InChI=1S/C15H12N2O5S2/c18-15-16-11-3-2-10(8-14(11)23-15)24(19,20)17-9-1-4-12-13(7-9)22-6-5-21-12/h1-4,7-8,17H,5-6H2,(H,16,18). The van der Waals surface area contributed by atoms with Crippen LogP contribution in [0.5, 0.6) is 11.5 Å². The first kappa shape index (κ1) is 15.0. The lowest BCUT2D eigenvalue weighted by molar-refractivity contribution is 0.171. The van der Waals surface area contributed by atoms with Gasteiger partial charge in [-0.05, 0) is 30.3 Å². The molecule has 1 aliphatic rings. The van der Waals surface area contributed by atoms with Crippen LogP contribution in [0.25, 0.3) is 10.2 Å². The Hall–Kier alpha value is -2.52. The van der Waals surface area contributed by atoms with E-state index < -0.39 is 10.0 Å². The van der Waals surface area contributed by atoms with Gasteiger partial charge >= 0.3 is 4.87 Å². The van der Waals surface area contributed by atoms with Gasteiger partial charge in [0.2, 0.25) is 0 Å². The summed E-state index contributed by atoms with van der Waals surface area (Å²) in [6, 6.07) is 9.35. The van der Waals surface area contributed by atoms with Gasteiger partial charge in [0.05, 0.1) is 20.8 Å². The van der Waals surface area contributed by atoms with E-state index in [2.05, 4.69) is 9.71 Å². The van der Waals surface area contributed by atoms with Crippen molar-refractivity contribution < 1.29 is 17.9 Å². The van der Waals surface area contributed by atoms with Crippen molar-refractivity contribution in [2.24, 2.45) is 0 Å². The second kappa shape index (κ2) is 5.53. The summed E-state index contributed by atoms with van der Waals surface area (Å²) in [5.74, 6) is 1.09. The molecule has 0 unspecified atom stereocenters. The lowest BCUT2D eigenvalue weighted by Crippen LogP contribution is -2.16. The second-order valence-electron chi connectivity index (χ2n) is 5.14. The third-order valence-corrected chi connectivity index (χ3v) is 5.72. The third kappa shape index (κ3) is 2.72. The molecular weight excluding hydrogens is 352 g/mol. The van der Waals surface area contributed by atoms with E-state index in [0.29, 0.717) is 40.6 Å². The zero-order chi connectivity index (χ0) is 16.7. The van der Waals surface area contributed by atoms with Gasteiger partial charge in [-0.15, -0.1) is 0 Å². The fourth-order valence-corrected chi connectivity index (χ4v) is 4.34. The highest BCUT2D eigenvalue weighted by atomic mass is 32.2. The molecule has 0 radical (unpaired) electrons. The molecule has 2 N–H and O–H groups in total. The number of nitrogens with one attached hydrogen (secondary N) is 2. The molecule has 0 saturated heterocycles. The number of fused-ring (bicyclic) bond motifs is 2. The molecule has 1 aromatic heterocycles. The van der Waals surface area contributed by atoms with Gasteiger partial charge in [0.25, 0.3) is 10.0 Å². The average Bonchev–Trinajstić information content (AvgIpc) is 2.93. The molecule has 0 amide bonds. The number of benzene rings is 2. The van der Waals surface area contributed by atoms with Crippen molar-refractivity contribution in [3.63, 3.8) is 0 Å². The average molecular weight is 364 g/mol. The molecule has 4 rings (SSSR count). The Morgan fingerprint density at radius 3 is 2.67 bits per heavy atom. The fourth-order valence-electron chi connectivity index (χ4n) is 2.41. The van der Waals surface area contributed by atoms with Gasteiger partial charge in [-0.2, -0.15) is 0 Å². The van der Waals surface area contributed by atoms with Gasteiger partial charge in [-0.3, -0.25) is 9.52 Å². The monoisotopic (exact) mass is 364 g/mol. The molecule has 0 atom stereocenters. The van der Waals surface area contributed by atoms with E-state index in [4.69, 9.17) is 9.47 Å². The summed E-state index contributed by atoms with van der Waals surface area (Å²) in [6.45, 7) is 0.893. The first-order chi connectivity index (χ1) is 11.5. The van der Waals surface area contributed by atoms with Crippen molar-refractivity contribution in [2.45, 2.75) is 4.90 Å². The van der Waals surface area contributed by atoms with Crippen molar-refractivity contribution in [1.82, 2.24) is 4.98 Å². The topological polar surface area (TPSA) is 97.5 Å². The molecule has 0 saturated carbocycles.